The number of carbonyl (C=O) groups is 1. The Kier molecular flexibility index (Phi) is 3.77. The van der Waals surface area contributed by atoms with Gasteiger partial charge in [-0.15, -0.1) is 0 Å². The van der Waals surface area contributed by atoms with Crippen molar-refractivity contribution in [2.45, 2.75) is 39.0 Å². The SMILES string of the molecule is CC1(CNC(=O)c2ccc(Cl)o2)CCCCC1. The van der Waals surface area contributed by atoms with Crippen LogP contribution in [-0.2, 0) is 0 Å². The molecule has 1 aliphatic carbocycles. The Bertz CT molecular complexity index is 394. The van der Waals surface area contributed by atoms with Crippen LogP contribution in [0.2, 0.25) is 5.22 Å². The summed E-state index contributed by atoms with van der Waals surface area (Å²) in [6.07, 6.45) is 6.22. The van der Waals surface area contributed by atoms with Gasteiger partial charge in [-0.25, -0.2) is 0 Å². The summed E-state index contributed by atoms with van der Waals surface area (Å²) >= 11 is 5.63. The molecule has 0 aliphatic heterocycles. The Labute approximate surface area is 107 Å². The standard InChI is InChI=1S/C13H18ClNO2/c1-13(7-3-2-4-8-13)9-15-12(16)10-5-6-11(14)17-10/h5-6H,2-4,7-9H2,1H3,(H,15,16). The molecule has 0 saturated heterocycles. The molecule has 0 spiro atoms. The second-order valence-electron chi connectivity index (χ2n) is 5.16. The average molecular weight is 256 g/mol. The van der Waals surface area contributed by atoms with E-state index in [-0.39, 0.29) is 22.3 Å². The van der Waals surface area contributed by atoms with E-state index in [1.807, 2.05) is 0 Å². The van der Waals surface area contributed by atoms with Crippen LogP contribution in [0.3, 0.4) is 0 Å². The highest BCUT2D eigenvalue weighted by Crippen LogP contribution is 2.34. The van der Waals surface area contributed by atoms with E-state index in [1.165, 1.54) is 32.1 Å². The number of hydrogen-bond donors (Lipinski definition) is 1. The van der Waals surface area contributed by atoms with E-state index in [9.17, 15) is 4.79 Å². The molecule has 17 heavy (non-hydrogen) atoms. The van der Waals surface area contributed by atoms with Gasteiger partial charge in [0.25, 0.3) is 5.91 Å². The summed E-state index contributed by atoms with van der Waals surface area (Å²) in [6, 6.07) is 3.18. The number of hydrogen-bond acceptors (Lipinski definition) is 2. The number of halogens is 1. The third-order valence-corrected chi connectivity index (χ3v) is 3.74. The summed E-state index contributed by atoms with van der Waals surface area (Å²) in [5.74, 6) is 0.109. The van der Waals surface area contributed by atoms with Crippen molar-refractivity contribution < 1.29 is 9.21 Å². The lowest BCUT2D eigenvalue weighted by Gasteiger charge is -2.33. The first-order valence-electron chi connectivity index (χ1n) is 6.13. The number of rotatable bonds is 3. The van der Waals surface area contributed by atoms with Crippen LogP contribution in [0, 0.1) is 5.41 Å². The van der Waals surface area contributed by atoms with Gasteiger partial charge >= 0.3 is 0 Å². The Morgan fingerprint density at radius 2 is 2.12 bits per heavy atom. The van der Waals surface area contributed by atoms with Crippen LogP contribution in [0.1, 0.15) is 49.6 Å². The number of furan rings is 1. The van der Waals surface area contributed by atoms with Crippen LogP contribution in [-0.4, -0.2) is 12.5 Å². The molecule has 0 unspecified atom stereocenters. The lowest BCUT2D eigenvalue weighted by Crippen LogP contribution is -2.36. The van der Waals surface area contributed by atoms with Crippen LogP contribution in [0.15, 0.2) is 16.5 Å². The van der Waals surface area contributed by atoms with Crippen molar-refractivity contribution in [3.8, 4) is 0 Å². The Morgan fingerprint density at radius 3 is 2.71 bits per heavy atom. The molecule has 0 aromatic carbocycles. The molecule has 1 saturated carbocycles. The van der Waals surface area contributed by atoms with E-state index in [2.05, 4.69) is 12.2 Å². The van der Waals surface area contributed by atoms with Gasteiger partial charge in [-0.1, -0.05) is 26.2 Å². The normalized spacial score (nSPS) is 18.9. The first kappa shape index (κ1) is 12.5. The minimum atomic E-state index is -0.177. The van der Waals surface area contributed by atoms with Gasteiger partial charge in [0, 0.05) is 6.54 Å². The van der Waals surface area contributed by atoms with E-state index in [4.69, 9.17) is 16.0 Å². The molecule has 1 fully saturated rings. The third-order valence-electron chi connectivity index (χ3n) is 3.53. The van der Waals surface area contributed by atoms with Crippen LogP contribution < -0.4 is 5.32 Å². The zero-order chi connectivity index (χ0) is 12.3. The maximum absolute atomic E-state index is 11.8. The molecular formula is C13H18ClNO2. The maximum atomic E-state index is 11.8. The van der Waals surface area contributed by atoms with Gasteiger partial charge in [-0.3, -0.25) is 4.79 Å². The van der Waals surface area contributed by atoms with Crippen molar-refractivity contribution in [2.75, 3.05) is 6.54 Å². The van der Waals surface area contributed by atoms with Crippen molar-refractivity contribution in [3.63, 3.8) is 0 Å². The van der Waals surface area contributed by atoms with E-state index in [0.717, 1.165) is 0 Å². The van der Waals surface area contributed by atoms with Gasteiger partial charge in [0.1, 0.15) is 0 Å². The van der Waals surface area contributed by atoms with Gasteiger partial charge in [-0.2, -0.15) is 0 Å². The minimum absolute atomic E-state index is 0.177. The molecule has 1 aliphatic rings. The molecule has 2 rings (SSSR count). The maximum Gasteiger partial charge on any atom is 0.287 e. The Balaban J connectivity index is 1.87. The van der Waals surface area contributed by atoms with Crippen LogP contribution in [0.5, 0.6) is 0 Å². The molecule has 1 aromatic rings. The van der Waals surface area contributed by atoms with Crippen LogP contribution >= 0.6 is 11.6 Å². The van der Waals surface area contributed by atoms with Gasteiger partial charge in [-0.05, 0) is 42.0 Å². The molecule has 0 bridgehead atoms. The lowest BCUT2D eigenvalue weighted by molar-refractivity contribution is 0.0891. The molecule has 1 N–H and O–H groups in total. The van der Waals surface area contributed by atoms with Gasteiger partial charge < -0.3 is 9.73 Å². The first-order valence-corrected chi connectivity index (χ1v) is 6.50. The van der Waals surface area contributed by atoms with E-state index < -0.39 is 0 Å². The highest BCUT2D eigenvalue weighted by atomic mass is 35.5. The van der Waals surface area contributed by atoms with Gasteiger partial charge in [0.15, 0.2) is 11.0 Å². The fourth-order valence-electron chi connectivity index (χ4n) is 2.40. The summed E-state index contributed by atoms with van der Waals surface area (Å²) < 4.78 is 5.07. The summed E-state index contributed by atoms with van der Waals surface area (Å²) in [5, 5.41) is 3.18. The van der Waals surface area contributed by atoms with E-state index in [0.29, 0.717) is 6.54 Å². The third kappa shape index (κ3) is 3.25. The smallest absolute Gasteiger partial charge is 0.287 e. The molecule has 0 atom stereocenters. The van der Waals surface area contributed by atoms with E-state index in [1.54, 1.807) is 12.1 Å². The highest BCUT2D eigenvalue weighted by molar-refractivity contribution is 6.29. The number of amides is 1. The highest BCUT2D eigenvalue weighted by Gasteiger charge is 2.27. The van der Waals surface area contributed by atoms with Crippen molar-refractivity contribution in [3.05, 3.63) is 23.1 Å². The van der Waals surface area contributed by atoms with Crippen molar-refractivity contribution in [2.24, 2.45) is 5.41 Å². The van der Waals surface area contributed by atoms with Crippen LogP contribution in [0.4, 0.5) is 0 Å². The second-order valence-corrected chi connectivity index (χ2v) is 5.53. The fourth-order valence-corrected chi connectivity index (χ4v) is 2.55. The van der Waals surface area contributed by atoms with Crippen molar-refractivity contribution in [1.82, 2.24) is 5.32 Å². The van der Waals surface area contributed by atoms with Gasteiger partial charge in [0.05, 0.1) is 0 Å². The molecule has 4 heteroatoms. The molecule has 94 valence electrons. The molecule has 0 radical (unpaired) electrons. The number of nitrogens with one attached hydrogen (secondary N) is 1. The minimum Gasteiger partial charge on any atom is -0.440 e. The predicted molar refractivity (Wildman–Crippen MR) is 67.2 cm³/mol. The molecular weight excluding hydrogens is 238 g/mol. The Hall–Kier alpha value is -0.960. The van der Waals surface area contributed by atoms with E-state index >= 15 is 0 Å². The molecule has 1 aromatic heterocycles. The fraction of sp³-hybridized carbons (Fsp3) is 0.615. The largest absolute Gasteiger partial charge is 0.440 e. The summed E-state index contributed by atoms with van der Waals surface area (Å²) in [6.45, 7) is 2.95. The van der Waals surface area contributed by atoms with Crippen molar-refractivity contribution in [1.29, 1.82) is 0 Å². The zero-order valence-electron chi connectivity index (χ0n) is 10.1. The topological polar surface area (TPSA) is 42.2 Å². The molecule has 3 nitrogen and oxygen atoms in total. The van der Waals surface area contributed by atoms with Gasteiger partial charge in [0.2, 0.25) is 0 Å². The lowest BCUT2D eigenvalue weighted by atomic mass is 9.76. The Morgan fingerprint density at radius 1 is 1.41 bits per heavy atom. The monoisotopic (exact) mass is 255 g/mol. The van der Waals surface area contributed by atoms with Crippen LogP contribution in [0.25, 0.3) is 0 Å². The molecule has 1 amide bonds. The molecule has 1 heterocycles. The summed E-state index contributed by atoms with van der Waals surface area (Å²) in [7, 11) is 0. The quantitative estimate of drug-likeness (QED) is 0.896. The summed E-state index contributed by atoms with van der Waals surface area (Å²) in [4.78, 5) is 11.8. The first-order chi connectivity index (χ1) is 8.09. The average Bonchev–Trinajstić information content (AvgIpc) is 2.74. The second kappa shape index (κ2) is 5.13. The van der Waals surface area contributed by atoms with Crippen molar-refractivity contribution >= 4 is 17.5 Å². The number of carbonyl (C=O) groups excluding carboxylic acids is 1. The zero-order valence-corrected chi connectivity index (χ0v) is 10.8. The predicted octanol–water partition coefficient (Wildman–Crippen LogP) is 3.63. The summed E-state index contributed by atoms with van der Waals surface area (Å²) in [5.41, 5.74) is 0.240.